The number of carbonyl (C=O) groups is 1. The molecule has 1 aromatic carbocycles. The summed E-state index contributed by atoms with van der Waals surface area (Å²) in [5, 5.41) is 13.5. The van der Waals surface area contributed by atoms with Crippen molar-refractivity contribution in [1.82, 2.24) is 5.32 Å². The number of Topliss-reactive ketones (excluding diaryl/α,β-unsaturated/α-hetero) is 1. The minimum atomic E-state index is -0.160. The van der Waals surface area contributed by atoms with Crippen LogP contribution in [0.1, 0.15) is 24.3 Å². The van der Waals surface area contributed by atoms with Crippen molar-refractivity contribution in [3.05, 3.63) is 29.0 Å². The molecule has 25 heavy (non-hydrogen) atoms. The average molecular weight is 346 g/mol. The number of amidine groups is 1. The Morgan fingerprint density at radius 3 is 2.28 bits per heavy atom. The number of nitrogens with zero attached hydrogens (tertiary/aromatic N) is 1. The molecule has 0 amide bonds. The van der Waals surface area contributed by atoms with Crippen molar-refractivity contribution in [2.45, 2.75) is 18.8 Å². The number of benzene rings is 1. The topological polar surface area (TPSA) is 89.4 Å². The molecule has 2 aliphatic rings. The molecule has 0 bridgehead atoms. The molecular weight excluding hydrogens is 324 g/mol. The molecule has 0 saturated carbocycles. The standard InChI is InChI=1S/C18H22N2O5/c1-23-14-8-11(9-15(24-2)17(14)25-3)10-6-12(21)16(13(22)7-10)18-19-4-5-20-18/h8-10,21H,4-7H2,1-3H3,(H,19,20). The first-order valence-corrected chi connectivity index (χ1v) is 8.13. The van der Waals surface area contributed by atoms with Crippen LogP contribution in [0.25, 0.3) is 0 Å². The van der Waals surface area contributed by atoms with Gasteiger partial charge in [-0.1, -0.05) is 0 Å². The molecule has 7 nitrogen and oxygen atoms in total. The number of hydrogen-bond donors (Lipinski definition) is 2. The summed E-state index contributed by atoms with van der Waals surface area (Å²) in [5.74, 6) is 1.86. The number of ether oxygens (including phenoxy) is 3. The fraction of sp³-hybridized carbons (Fsp3) is 0.444. The van der Waals surface area contributed by atoms with Gasteiger partial charge in [0, 0.05) is 19.4 Å². The Balaban J connectivity index is 1.95. The Bertz CT molecular complexity index is 729. The van der Waals surface area contributed by atoms with Crippen LogP contribution in [0, 0.1) is 0 Å². The van der Waals surface area contributed by atoms with E-state index in [4.69, 9.17) is 14.2 Å². The third-order valence-corrected chi connectivity index (χ3v) is 4.51. The van der Waals surface area contributed by atoms with E-state index < -0.39 is 0 Å². The second-order valence-electron chi connectivity index (χ2n) is 5.97. The van der Waals surface area contributed by atoms with Gasteiger partial charge in [-0.25, -0.2) is 0 Å². The number of aliphatic hydroxyl groups excluding tert-OH is 1. The Labute approximate surface area is 146 Å². The first-order chi connectivity index (χ1) is 12.1. The predicted molar refractivity (Wildman–Crippen MR) is 93.0 cm³/mol. The number of nitrogens with one attached hydrogen (secondary N) is 1. The molecule has 1 heterocycles. The van der Waals surface area contributed by atoms with Gasteiger partial charge in [-0.15, -0.1) is 0 Å². The van der Waals surface area contributed by atoms with E-state index in [1.807, 2.05) is 12.1 Å². The highest BCUT2D eigenvalue weighted by Gasteiger charge is 2.33. The average Bonchev–Trinajstić information content (AvgIpc) is 3.13. The summed E-state index contributed by atoms with van der Waals surface area (Å²) in [5.41, 5.74) is 1.18. The molecule has 0 saturated heterocycles. The molecule has 2 N–H and O–H groups in total. The summed E-state index contributed by atoms with van der Waals surface area (Å²) in [6.07, 6.45) is 0.652. The van der Waals surface area contributed by atoms with Gasteiger partial charge in [-0.3, -0.25) is 9.79 Å². The minimum Gasteiger partial charge on any atom is -0.511 e. The molecule has 0 fully saturated rings. The lowest BCUT2D eigenvalue weighted by Gasteiger charge is -2.25. The second kappa shape index (κ2) is 7.04. The zero-order valence-corrected chi connectivity index (χ0v) is 14.6. The largest absolute Gasteiger partial charge is 0.511 e. The maximum absolute atomic E-state index is 12.6. The molecule has 7 heteroatoms. The number of methoxy groups -OCH3 is 3. The van der Waals surface area contributed by atoms with E-state index >= 15 is 0 Å². The van der Waals surface area contributed by atoms with Crippen LogP contribution in [0.2, 0.25) is 0 Å². The third kappa shape index (κ3) is 3.14. The van der Waals surface area contributed by atoms with Crippen molar-refractivity contribution >= 4 is 11.6 Å². The van der Waals surface area contributed by atoms with Crippen LogP contribution in [0.15, 0.2) is 28.5 Å². The number of allylic oxidation sites excluding steroid dienone is 1. The van der Waals surface area contributed by atoms with Gasteiger partial charge in [0.2, 0.25) is 5.75 Å². The van der Waals surface area contributed by atoms with Gasteiger partial charge >= 0.3 is 0 Å². The van der Waals surface area contributed by atoms with E-state index in [1.165, 1.54) is 0 Å². The highest BCUT2D eigenvalue weighted by atomic mass is 16.5. The molecule has 0 radical (unpaired) electrons. The normalized spacial score (nSPS) is 20.2. The summed E-state index contributed by atoms with van der Waals surface area (Å²) in [6, 6.07) is 3.64. The predicted octanol–water partition coefficient (Wildman–Crippen LogP) is 1.97. The van der Waals surface area contributed by atoms with Crippen LogP contribution in [0.4, 0.5) is 0 Å². The van der Waals surface area contributed by atoms with E-state index in [0.29, 0.717) is 54.6 Å². The van der Waals surface area contributed by atoms with Crippen molar-refractivity contribution in [3.8, 4) is 17.2 Å². The summed E-state index contributed by atoms with van der Waals surface area (Å²) in [4.78, 5) is 16.8. The molecule has 1 unspecified atom stereocenters. The van der Waals surface area contributed by atoms with Crippen LogP contribution >= 0.6 is 0 Å². The van der Waals surface area contributed by atoms with E-state index in [0.717, 1.165) is 5.56 Å². The highest BCUT2D eigenvalue weighted by Crippen LogP contribution is 2.43. The molecular formula is C18H22N2O5. The molecule has 1 aromatic rings. The van der Waals surface area contributed by atoms with Gasteiger partial charge in [0.25, 0.3) is 0 Å². The van der Waals surface area contributed by atoms with Gasteiger partial charge in [0.05, 0.1) is 33.4 Å². The van der Waals surface area contributed by atoms with Crippen LogP contribution in [0.5, 0.6) is 17.2 Å². The van der Waals surface area contributed by atoms with E-state index in [-0.39, 0.29) is 17.5 Å². The SMILES string of the molecule is COc1cc(C2CC(=O)C(C3=NCCN3)=C(O)C2)cc(OC)c1OC. The van der Waals surface area contributed by atoms with Gasteiger partial charge in [-0.2, -0.15) is 0 Å². The summed E-state index contributed by atoms with van der Waals surface area (Å²) in [6.45, 7) is 1.31. The smallest absolute Gasteiger partial charge is 0.203 e. The van der Waals surface area contributed by atoms with Gasteiger partial charge in [0.15, 0.2) is 17.3 Å². The van der Waals surface area contributed by atoms with Gasteiger partial charge in [-0.05, 0) is 23.6 Å². The first kappa shape index (κ1) is 17.1. The van der Waals surface area contributed by atoms with E-state index in [9.17, 15) is 9.90 Å². The maximum Gasteiger partial charge on any atom is 0.203 e. The quantitative estimate of drug-likeness (QED) is 0.847. The van der Waals surface area contributed by atoms with Crippen molar-refractivity contribution in [2.75, 3.05) is 34.4 Å². The lowest BCUT2D eigenvalue weighted by Crippen LogP contribution is -2.30. The molecule has 134 valence electrons. The monoisotopic (exact) mass is 346 g/mol. The Kier molecular flexibility index (Phi) is 4.83. The zero-order valence-electron chi connectivity index (χ0n) is 14.6. The zero-order chi connectivity index (χ0) is 18.0. The molecule has 1 aliphatic heterocycles. The van der Waals surface area contributed by atoms with E-state index in [2.05, 4.69) is 10.3 Å². The Morgan fingerprint density at radius 2 is 1.80 bits per heavy atom. The van der Waals surface area contributed by atoms with Crippen LogP contribution < -0.4 is 19.5 Å². The van der Waals surface area contributed by atoms with Crippen molar-refractivity contribution < 1.29 is 24.1 Å². The molecule has 0 aromatic heterocycles. The molecule has 1 atom stereocenters. The Morgan fingerprint density at radius 1 is 1.12 bits per heavy atom. The molecule has 1 aliphatic carbocycles. The van der Waals surface area contributed by atoms with E-state index in [1.54, 1.807) is 21.3 Å². The lowest BCUT2D eigenvalue weighted by atomic mass is 9.82. The highest BCUT2D eigenvalue weighted by molar-refractivity contribution is 6.22. The minimum absolute atomic E-state index is 0.0724. The fourth-order valence-corrected chi connectivity index (χ4v) is 3.30. The van der Waals surface area contributed by atoms with Crippen molar-refractivity contribution in [2.24, 2.45) is 4.99 Å². The number of ketones is 1. The summed E-state index contributed by atoms with van der Waals surface area (Å²) >= 11 is 0. The van der Waals surface area contributed by atoms with Crippen LogP contribution in [0.3, 0.4) is 0 Å². The van der Waals surface area contributed by atoms with Crippen molar-refractivity contribution in [3.63, 3.8) is 0 Å². The van der Waals surface area contributed by atoms with Crippen LogP contribution in [-0.2, 0) is 4.79 Å². The van der Waals surface area contributed by atoms with Crippen LogP contribution in [-0.4, -0.2) is 51.1 Å². The number of aliphatic hydroxyl groups is 1. The van der Waals surface area contributed by atoms with Crippen molar-refractivity contribution in [1.29, 1.82) is 0 Å². The number of rotatable bonds is 5. The molecule has 0 spiro atoms. The number of carbonyl (C=O) groups excluding carboxylic acids is 1. The summed E-state index contributed by atoms with van der Waals surface area (Å²) < 4.78 is 16.1. The van der Waals surface area contributed by atoms with Gasteiger partial charge < -0.3 is 24.6 Å². The number of aliphatic imine (C=N–C) groups is 1. The Hall–Kier alpha value is -2.70. The van der Waals surface area contributed by atoms with Gasteiger partial charge in [0.1, 0.15) is 11.6 Å². The molecule has 3 rings (SSSR count). The summed E-state index contributed by atoms with van der Waals surface area (Å²) in [7, 11) is 4.64. The maximum atomic E-state index is 12.6. The first-order valence-electron chi connectivity index (χ1n) is 8.13. The fourth-order valence-electron chi connectivity index (χ4n) is 3.30. The lowest BCUT2D eigenvalue weighted by molar-refractivity contribution is -0.116. The second-order valence-corrected chi connectivity index (χ2v) is 5.97. The number of hydrogen-bond acceptors (Lipinski definition) is 7. The third-order valence-electron chi connectivity index (χ3n) is 4.51.